The van der Waals surface area contributed by atoms with Crippen LogP contribution in [0.2, 0.25) is 0 Å². The second kappa shape index (κ2) is 13.9. The van der Waals surface area contributed by atoms with E-state index in [4.69, 9.17) is 24.2 Å². The van der Waals surface area contributed by atoms with Gasteiger partial charge in [-0.05, 0) is 66.3 Å². The first-order chi connectivity index (χ1) is 18.4. The quantitative estimate of drug-likeness (QED) is 0.165. The van der Waals surface area contributed by atoms with Crippen LogP contribution in [-0.4, -0.2) is 47.0 Å². The van der Waals surface area contributed by atoms with Crippen molar-refractivity contribution in [2.75, 3.05) is 20.8 Å². The highest BCUT2D eigenvalue weighted by Gasteiger charge is 2.14. The Bertz CT molecular complexity index is 1270. The molecule has 198 valence electrons. The number of methoxy groups -OCH3 is 2. The van der Waals surface area contributed by atoms with E-state index in [0.29, 0.717) is 41.1 Å². The molecule has 0 aliphatic heterocycles. The lowest BCUT2D eigenvalue weighted by Crippen LogP contribution is -2.09. The highest BCUT2D eigenvalue weighted by molar-refractivity contribution is 8.02. The molecule has 8 nitrogen and oxygen atoms in total. The monoisotopic (exact) mass is 534 g/mol. The zero-order valence-corrected chi connectivity index (χ0v) is 22.3. The van der Waals surface area contributed by atoms with Gasteiger partial charge in [0.1, 0.15) is 0 Å². The van der Waals surface area contributed by atoms with Gasteiger partial charge in [-0.1, -0.05) is 42.6 Å². The van der Waals surface area contributed by atoms with Gasteiger partial charge >= 0.3 is 5.97 Å². The fourth-order valence-corrected chi connectivity index (χ4v) is 4.01. The summed E-state index contributed by atoms with van der Waals surface area (Å²) in [6.07, 6.45) is 7.88. The number of hydrogen-bond donors (Lipinski definition) is 2. The predicted molar refractivity (Wildman–Crippen MR) is 150 cm³/mol. The molecule has 1 heterocycles. The van der Waals surface area contributed by atoms with E-state index in [1.165, 1.54) is 26.0 Å². The number of esters is 1. The molecule has 3 aromatic rings. The minimum atomic E-state index is -0.312. The molecule has 0 saturated carbocycles. The lowest BCUT2D eigenvalue weighted by molar-refractivity contribution is -0.143. The Morgan fingerprint density at radius 2 is 1.45 bits per heavy atom. The molecule has 2 N–H and O–H groups in total. The minimum absolute atomic E-state index is 0.0461. The topological polar surface area (TPSA) is 111 Å². The zero-order valence-electron chi connectivity index (χ0n) is 21.5. The SMILES string of the molecule is C=CSc1nc(/C=C/c2ccc(O)c(OC)c2)c(CCC(=O)OCC)c(/C=C/c2ccc(O)c(OC)c2)n1. The second-order valence-electron chi connectivity index (χ2n) is 7.87. The van der Waals surface area contributed by atoms with E-state index in [0.717, 1.165) is 16.7 Å². The van der Waals surface area contributed by atoms with Gasteiger partial charge in [0.25, 0.3) is 0 Å². The van der Waals surface area contributed by atoms with E-state index in [9.17, 15) is 15.0 Å². The first-order valence-corrected chi connectivity index (χ1v) is 12.7. The maximum absolute atomic E-state index is 12.2. The molecule has 0 aliphatic carbocycles. The van der Waals surface area contributed by atoms with Gasteiger partial charge in [-0.25, -0.2) is 9.97 Å². The fourth-order valence-electron chi connectivity index (χ4n) is 3.56. The number of nitrogens with zero attached hydrogens (tertiary/aromatic N) is 2. The Balaban J connectivity index is 2.08. The van der Waals surface area contributed by atoms with Crippen LogP contribution in [-0.2, 0) is 16.0 Å². The van der Waals surface area contributed by atoms with Crippen molar-refractivity contribution < 1.29 is 29.2 Å². The molecule has 0 unspecified atom stereocenters. The molecule has 3 rings (SSSR count). The number of aromatic hydroxyl groups is 2. The normalized spacial score (nSPS) is 11.1. The Labute approximate surface area is 226 Å². The molecule has 1 aromatic heterocycles. The van der Waals surface area contributed by atoms with Gasteiger partial charge in [0.15, 0.2) is 28.2 Å². The number of carbonyl (C=O) groups is 1. The first kappa shape index (κ1) is 28.3. The van der Waals surface area contributed by atoms with Gasteiger partial charge in [0.2, 0.25) is 0 Å². The molecule has 2 aromatic carbocycles. The van der Waals surface area contributed by atoms with Gasteiger partial charge in [-0.15, -0.1) is 0 Å². The molecule has 0 aliphatic rings. The molecule has 0 atom stereocenters. The van der Waals surface area contributed by atoms with Gasteiger partial charge in [0, 0.05) is 12.0 Å². The minimum Gasteiger partial charge on any atom is -0.504 e. The fraction of sp³-hybridized carbons (Fsp3) is 0.207. The Hall–Kier alpha value is -4.24. The number of ether oxygens (including phenoxy) is 3. The average molecular weight is 535 g/mol. The summed E-state index contributed by atoms with van der Waals surface area (Å²) >= 11 is 1.28. The number of carbonyl (C=O) groups excluding carboxylic acids is 1. The molecule has 0 bridgehead atoms. The van der Waals surface area contributed by atoms with Crippen molar-refractivity contribution in [3.05, 3.63) is 76.5 Å². The number of rotatable bonds is 12. The van der Waals surface area contributed by atoms with Crippen LogP contribution in [0.1, 0.15) is 41.4 Å². The summed E-state index contributed by atoms with van der Waals surface area (Å²) in [6.45, 7) is 5.84. The van der Waals surface area contributed by atoms with E-state index >= 15 is 0 Å². The summed E-state index contributed by atoms with van der Waals surface area (Å²) < 4.78 is 15.5. The van der Waals surface area contributed by atoms with E-state index < -0.39 is 0 Å². The van der Waals surface area contributed by atoms with Crippen LogP contribution in [0.5, 0.6) is 23.0 Å². The van der Waals surface area contributed by atoms with Crippen molar-refractivity contribution >= 4 is 42.0 Å². The van der Waals surface area contributed by atoms with Crippen LogP contribution in [0.3, 0.4) is 0 Å². The number of hydrogen-bond acceptors (Lipinski definition) is 9. The Kier molecular flexibility index (Phi) is 10.4. The van der Waals surface area contributed by atoms with Crippen LogP contribution in [0.25, 0.3) is 24.3 Å². The molecule has 0 spiro atoms. The lowest BCUT2D eigenvalue weighted by atomic mass is 10.0. The third kappa shape index (κ3) is 7.63. The van der Waals surface area contributed by atoms with Crippen LogP contribution in [0, 0.1) is 0 Å². The van der Waals surface area contributed by atoms with E-state index in [-0.39, 0.29) is 23.9 Å². The van der Waals surface area contributed by atoms with E-state index in [2.05, 4.69) is 6.58 Å². The number of aromatic nitrogens is 2. The second-order valence-corrected chi connectivity index (χ2v) is 8.81. The van der Waals surface area contributed by atoms with Crippen molar-refractivity contribution in [1.82, 2.24) is 9.97 Å². The van der Waals surface area contributed by atoms with Gasteiger partial charge in [-0.2, -0.15) is 0 Å². The van der Waals surface area contributed by atoms with Crippen molar-refractivity contribution in [2.24, 2.45) is 0 Å². The highest BCUT2D eigenvalue weighted by Crippen LogP contribution is 2.29. The smallest absolute Gasteiger partial charge is 0.306 e. The summed E-state index contributed by atoms with van der Waals surface area (Å²) in [7, 11) is 2.98. The number of benzene rings is 2. The van der Waals surface area contributed by atoms with Gasteiger partial charge in [0.05, 0.1) is 32.2 Å². The van der Waals surface area contributed by atoms with Crippen LogP contribution < -0.4 is 9.47 Å². The Morgan fingerprint density at radius 3 is 1.89 bits per heavy atom. The van der Waals surface area contributed by atoms with Crippen LogP contribution in [0.4, 0.5) is 0 Å². The number of phenolic OH excluding ortho intramolecular Hbond substituents is 2. The standard InChI is InChI=1S/C29H30N2O6S/c1-5-37-28(34)16-11-21-22(12-7-19-9-14-24(32)26(17-19)35-3)30-29(38-6-2)31-23(21)13-8-20-10-15-25(33)27(18-20)36-4/h6-10,12-15,17-18,32-33H,2,5,11,16H2,1,3-4H3/b12-7+,13-8+. The third-order valence-electron chi connectivity index (χ3n) is 5.40. The summed E-state index contributed by atoms with van der Waals surface area (Å²) in [6, 6.07) is 10.0. The van der Waals surface area contributed by atoms with Crippen molar-refractivity contribution in [3.63, 3.8) is 0 Å². The van der Waals surface area contributed by atoms with E-state index in [1.54, 1.807) is 48.7 Å². The number of phenols is 2. The maximum atomic E-state index is 12.2. The molecular formula is C29H30N2O6S. The molecule has 0 fully saturated rings. The summed E-state index contributed by atoms with van der Waals surface area (Å²) in [4.78, 5) is 21.6. The number of thioether (sulfide) groups is 1. The average Bonchev–Trinajstić information content (AvgIpc) is 2.91. The predicted octanol–water partition coefficient (Wildman–Crippen LogP) is 5.98. The van der Waals surface area contributed by atoms with Crippen molar-refractivity contribution in [3.8, 4) is 23.0 Å². The van der Waals surface area contributed by atoms with Crippen molar-refractivity contribution in [1.29, 1.82) is 0 Å². The Morgan fingerprint density at radius 1 is 0.921 bits per heavy atom. The van der Waals surface area contributed by atoms with Gasteiger partial charge in [-0.3, -0.25) is 4.79 Å². The molecular weight excluding hydrogens is 504 g/mol. The highest BCUT2D eigenvalue weighted by atomic mass is 32.2. The first-order valence-electron chi connectivity index (χ1n) is 11.8. The molecule has 9 heteroatoms. The van der Waals surface area contributed by atoms with Crippen LogP contribution >= 0.6 is 11.8 Å². The molecule has 0 radical (unpaired) electrons. The van der Waals surface area contributed by atoms with Gasteiger partial charge < -0.3 is 24.4 Å². The van der Waals surface area contributed by atoms with Crippen LogP contribution in [0.15, 0.2) is 53.5 Å². The maximum Gasteiger partial charge on any atom is 0.306 e. The molecule has 0 saturated heterocycles. The molecule has 38 heavy (non-hydrogen) atoms. The zero-order chi connectivity index (χ0) is 27.5. The van der Waals surface area contributed by atoms with E-state index in [1.807, 2.05) is 24.3 Å². The summed E-state index contributed by atoms with van der Waals surface area (Å²) in [5, 5.41) is 22.0. The summed E-state index contributed by atoms with van der Waals surface area (Å²) in [5.74, 6) is 0.490. The lowest BCUT2D eigenvalue weighted by Gasteiger charge is -2.11. The molecule has 0 amide bonds. The third-order valence-corrected chi connectivity index (χ3v) is 5.96. The van der Waals surface area contributed by atoms with Crippen molar-refractivity contribution in [2.45, 2.75) is 24.9 Å². The largest absolute Gasteiger partial charge is 0.504 e. The summed E-state index contributed by atoms with van der Waals surface area (Å²) in [5.41, 5.74) is 3.60.